The van der Waals surface area contributed by atoms with E-state index >= 15 is 0 Å². The molecule has 0 radical (unpaired) electrons. The van der Waals surface area contributed by atoms with Gasteiger partial charge in [0, 0.05) is 17.9 Å². The summed E-state index contributed by atoms with van der Waals surface area (Å²) in [7, 11) is 0. The van der Waals surface area contributed by atoms with Gasteiger partial charge in [-0.2, -0.15) is 0 Å². The molecule has 3 amide bonds. The Morgan fingerprint density at radius 1 is 0.933 bits per heavy atom. The number of anilines is 2. The maximum absolute atomic E-state index is 13.5. The van der Waals surface area contributed by atoms with Crippen LogP contribution in [0.25, 0.3) is 0 Å². The van der Waals surface area contributed by atoms with Crippen LogP contribution in [0.2, 0.25) is 0 Å². The number of aryl methyl sites for hydroxylation is 2. The number of nitrogens with zero attached hydrogens (tertiary/aromatic N) is 1. The summed E-state index contributed by atoms with van der Waals surface area (Å²) in [6.45, 7) is 4.53. The predicted molar refractivity (Wildman–Crippen MR) is 120 cm³/mol. The maximum Gasteiger partial charge on any atom is 0.320 e. The van der Waals surface area contributed by atoms with Crippen LogP contribution < -0.4 is 15.5 Å². The summed E-state index contributed by atoms with van der Waals surface area (Å²) >= 11 is 0. The Hall–Kier alpha value is -3.60. The summed E-state index contributed by atoms with van der Waals surface area (Å²) in [6, 6.07) is 22.0. The minimum absolute atomic E-state index is 0.137. The molecule has 1 atom stereocenters. The summed E-state index contributed by atoms with van der Waals surface area (Å²) in [5.74, 6) is -0.137. The monoisotopic (exact) mass is 399 g/mol. The minimum atomic E-state index is -0.775. The first-order valence-electron chi connectivity index (χ1n) is 10.1. The van der Waals surface area contributed by atoms with Crippen molar-refractivity contribution in [1.82, 2.24) is 5.32 Å². The van der Waals surface area contributed by atoms with Gasteiger partial charge < -0.3 is 15.5 Å². The fourth-order valence-corrected chi connectivity index (χ4v) is 3.82. The summed E-state index contributed by atoms with van der Waals surface area (Å²) in [4.78, 5) is 28.1. The lowest BCUT2D eigenvalue weighted by atomic mass is 10.1. The Balaban J connectivity index is 1.59. The topological polar surface area (TPSA) is 61.4 Å². The zero-order chi connectivity index (χ0) is 21.1. The molecule has 0 unspecified atom stereocenters. The average molecular weight is 399 g/mol. The fourth-order valence-electron chi connectivity index (χ4n) is 3.82. The smallest absolute Gasteiger partial charge is 0.320 e. The highest BCUT2D eigenvalue weighted by atomic mass is 16.2. The van der Waals surface area contributed by atoms with Crippen molar-refractivity contribution in [3.63, 3.8) is 0 Å². The van der Waals surface area contributed by atoms with Gasteiger partial charge in [-0.05, 0) is 54.7 Å². The van der Waals surface area contributed by atoms with Crippen molar-refractivity contribution in [3.8, 4) is 0 Å². The van der Waals surface area contributed by atoms with E-state index in [9.17, 15) is 9.59 Å². The third kappa shape index (κ3) is 4.06. The van der Waals surface area contributed by atoms with Crippen LogP contribution in [0.4, 0.5) is 16.2 Å². The lowest BCUT2D eigenvalue weighted by Gasteiger charge is -2.25. The predicted octanol–water partition coefficient (Wildman–Crippen LogP) is 4.76. The summed E-state index contributed by atoms with van der Waals surface area (Å²) in [5, 5.41) is 5.79. The first-order chi connectivity index (χ1) is 14.5. The highest BCUT2D eigenvalue weighted by Crippen LogP contribution is 2.30. The number of nitrogens with one attached hydrogen (secondary N) is 2. The molecule has 1 aliphatic rings. The number of benzene rings is 3. The van der Waals surface area contributed by atoms with Gasteiger partial charge in [0.1, 0.15) is 6.04 Å². The summed E-state index contributed by atoms with van der Waals surface area (Å²) in [6.07, 6.45) is 0.818. The molecule has 1 aliphatic heterocycles. The maximum atomic E-state index is 13.5. The van der Waals surface area contributed by atoms with E-state index < -0.39 is 12.1 Å². The molecule has 0 aliphatic carbocycles. The van der Waals surface area contributed by atoms with Crippen molar-refractivity contribution in [2.75, 3.05) is 16.8 Å². The lowest BCUT2D eigenvalue weighted by molar-refractivity contribution is -0.120. The van der Waals surface area contributed by atoms with Gasteiger partial charge >= 0.3 is 6.03 Å². The SMILES string of the molecule is Cc1ccc(C)c(NC(=O)N[C@@H](C(=O)N2CCc3ccccc32)c2ccccc2)c1. The first kappa shape index (κ1) is 19.7. The zero-order valence-electron chi connectivity index (χ0n) is 17.2. The molecule has 5 nitrogen and oxygen atoms in total. The highest BCUT2D eigenvalue weighted by Gasteiger charge is 2.32. The van der Waals surface area contributed by atoms with Crippen LogP contribution in [0, 0.1) is 13.8 Å². The van der Waals surface area contributed by atoms with Gasteiger partial charge in [0.05, 0.1) is 0 Å². The summed E-state index contributed by atoms with van der Waals surface area (Å²) in [5.41, 5.74) is 5.58. The molecular weight excluding hydrogens is 374 g/mol. The van der Waals surface area contributed by atoms with Crippen LogP contribution >= 0.6 is 0 Å². The average Bonchev–Trinajstić information content (AvgIpc) is 3.19. The number of fused-ring (bicyclic) bond motifs is 1. The Bertz CT molecular complexity index is 1080. The van der Waals surface area contributed by atoms with E-state index in [4.69, 9.17) is 0 Å². The minimum Gasteiger partial charge on any atom is -0.322 e. The van der Waals surface area contributed by atoms with Crippen molar-refractivity contribution in [3.05, 3.63) is 95.1 Å². The second kappa shape index (κ2) is 8.41. The Kier molecular flexibility index (Phi) is 5.53. The highest BCUT2D eigenvalue weighted by molar-refractivity contribution is 6.02. The van der Waals surface area contributed by atoms with E-state index in [-0.39, 0.29) is 5.91 Å². The molecule has 3 aromatic carbocycles. The van der Waals surface area contributed by atoms with Gasteiger partial charge in [0.25, 0.3) is 5.91 Å². The number of hydrogen-bond acceptors (Lipinski definition) is 2. The van der Waals surface area contributed by atoms with Gasteiger partial charge in [-0.15, -0.1) is 0 Å². The molecular formula is C25H25N3O2. The number of amides is 3. The summed E-state index contributed by atoms with van der Waals surface area (Å²) < 4.78 is 0. The molecule has 4 rings (SSSR count). The van der Waals surface area contributed by atoms with E-state index in [1.165, 1.54) is 0 Å². The standard InChI is InChI=1S/C25H25N3O2/c1-17-12-13-18(2)21(16-17)26-25(30)27-23(20-9-4-3-5-10-20)24(29)28-15-14-19-8-6-7-11-22(19)28/h3-13,16,23H,14-15H2,1-2H3,(H2,26,27,30)/t23-/m1/s1. The van der Waals surface area contributed by atoms with E-state index in [0.29, 0.717) is 6.54 Å². The van der Waals surface area contributed by atoms with E-state index in [0.717, 1.165) is 40.0 Å². The molecule has 152 valence electrons. The normalized spacial score (nSPS) is 13.5. The number of rotatable bonds is 4. The molecule has 0 saturated heterocycles. The van der Waals surface area contributed by atoms with Crippen LogP contribution in [-0.4, -0.2) is 18.5 Å². The van der Waals surface area contributed by atoms with E-state index in [2.05, 4.69) is 10.6 Å². The first-order valence-corrected chi connectivity index (χ1v) is 10.1. The molecule has 0 aromatic heterocycles. The molecule has 1 heterocycles. The number of para-hydroxylation sites is 1. The molecule has 3 aromatic rings. The largest absolute Gasteiger partial charge is 0.322 e. The van der Waals surface area contributed by atoms with Crippen molar-refractivity contribution < 1.29 is 9.59 Å². The third-order valence-corrected chi connectivity index (χ3v) is 5.45. The van der Waals surface area contributed by atoms with E-state index in [1.54, 1.807) is 4.90 Å². The molecule has 2 N–H and O–H groups in total. The van der Waals surface area contributed by atoms with Gasteiger partial charge in [-0.1, -0.05) is 60.7 Å². The van der Waals surface area contributed by atoms with E-state index in [1.807, 2.05) is 86.6 Å². The number of urea groups is 1. The number of carbonyl (C=O) groups excluding carboxylic acids is 2. The number of carbonyl (C=O) groups is 2. The molecule has 5 heteroatoms. The van der Waals surface area contributed by atoms with Crippen molar-refractivity contribution >= 4 is 23.3 Å². The number of hydrogen-bond donors (Lipinski definition) is 2. The van der Waals surface area contributed by atoms with Gasteiger partial charge in [0.15, 0.2) is 0 Å². The Labute approximate surface area is 176 Å². The van der Waals surface area contributed by atoms with Crippen LogP contribution in [0.1, 0.15) is 28.3 Å². The second-order valence-electron chi connectivity index (χ2n) is 7.63. The fraction of sp³-hybridized carbons (Fsp3) is 0.200. The Morgan fingerprint density at radius 3 is 2.47 bits per heavy atom. The van der Waals surface area contributed by atoms with Crippen LogP contribution in [0.15, 0.2) is 72.8 Å². The van der Waals surface area contributed by atoms with Crippen molar-refractivity contribution in [2.24, 2.45) is 0 Å². The van der Waals surface area contributed by atoms with Gasteiger partial charge in [-0.3, -0.25) is 4.79 Å². The molecule has 0 saturated carbocycles. The third-order valence-electron chi connectivity index (χ3n) is 5.45. The zero-order valence-corrected chi connectivity index (χ0v) is 17.2. The van der Waals surface area contributed by atoms with Crippen molar-refractivity contribution in [2.45, 2.75) is 26.3 Å². The second-order valence-corrected chi connectivity index (χ2v) is 7.63. The van der Waals surface area contributed by atoms with Crippen LogP contribution in [0.5, 0.6) is 0 Å². The van der Waals surface area contributed by atoms with Crippen molar-refractivity contribution in [1.29, 1.82) is 0 Å². The van der Waals surface area contributed by atoms with Crippen LogP contribution in [0.3, 0.4) is 0 Å². The molecule has 30 heavy (non-hydrogen) atoms. The molecule has 0 fully saturated rings. The lowest BCUT2D eigenvalue weighted by Crippen LogP contribution is -2.44. The quantitative estimate of drug-likeness (QED) is 0.665. The van der Waals surface area contributed by atoms with Gasteiger partial charge in [-0.25, -0.2) is 4.79 Å². The molecule has 0 spiro atoms. The van der Waals surface area contributed by atoms with Crippen LogP contribution in [-0.2, 0) is 11.2 Å². The Morgan fingerprint density at radius 2 is 1.67 bits per heavy atom. The van der Waals surface area contributed by atoms with Gasteiger partial charge in [0.2, 0.25) is 0 Å². The molecule has 0 bridgehead atoms.